The standard InChI is InChI=1S/C22H27N5O4/c1-31-22(30)27-17-10-11-26(19(17)14(20(27)28)7-3-5-9-18(23)24)21(29)16-12-13-6-2-4-8-15(13)25-16/h2,4,6,8,12,14,17,19,25H,3,5,7,9-11H2,1H3,(H3,23,24)/t14-,17+,19-/m1/s1. The van der Waals surface area contributed by atoms with Gasteiger partial charge in [-0.2, -0.15) is 0 Å². The van der Waals surface area contributed by atoms with Crippen LogP contribution in [0.3, 0.4) is 0 Å². The lowest BCUT2D eigenvalue weighted by atomic mass is 9.92. The van der Waals surface area contributed by atoms with Gasteiger partial charge in [0.1, 0.15) is 5.69 Å². The summed E-state index contributed by atoms with van der Waals surface area (Å²) in [6.45, 7) is 0.467. The lowest BCUT2D eigenvalue weighted by molar-refractivity contribution is -0.130. The quantitative estimate of drug-likeness (QED) is 0.371. The normalized spacial score (nSPS) is 22.7. The first kappa shape index (κ1) is 20.9. The molecule has 0 aliphatic carbocycles. The van der Waals surface area contributed by atoms with Gasteiger partial charge in [-0.3, -0.25) is 15.0 Å². The number of amides is 3. The van der Waals surface area contributed by atoms with Crippen molar-refractivity contribution in [3.8, 4) is 0 Å². The van der Waals surface area contributed by atoms with Crippen LogP contribution in [0.1, 0.15) is 42.6 Å². The van der Waals surface area contributed by atoms with Crippen LogP contribution in [0.2, 0.25) is 0 Å². The SMILES string of the molecule is COC(=O)N1C(=O)[C@H](CCCCC(=N)N)[C@@H]2[C@@H]1CCN2C(=O)c1cc2ccccc2[nH]1. The number of fused-ring (bicyclic) bond motifs is 2. The largest absolute Gasteiger partial charge is 0.452 e. The number of benzene rings is 1. The molecule has 3 amide bonds. The van der Waals surface area contributed by atoms with Gasteiger partial charge in [0.05, 0.1) is 30.9 Å². The highest BCUT2D eigenvalue weighted by Crippen LogP contribution is 2.40. The smallest absolute Gasteiger partial charge is 0.416 e. The number of carbonyl (C=O) groups is 3. The zero-order chi connectivity index (χ0) is 22.1. The van der Waals surface area contributed by atoms with E-state index in [9.17, 15) is 14.4 Å². The number of nitrogens with zero attached hydrogens (tertiary/aromatic N) is 2. The molecule has 164 valence electrons. The number of ether oxygens (including phenoxy) is 1. The maximum atomic E-state index is 13.4. The number of H-pyrrole nitrogens is 1. The van der Waals surface area contributed by atoms with Crippen molar-refractivity contribution in [2.24, 2.45) is 11.7 Å². The molecule has 0 unspecified atom stereocenters. The number of hydrogen-bond acceptors (Lipinski definition) is 5. The number of aromatic nitrogens is 1. The van der Waals surface area contributed by atoms with E-state index in [4.69, 9.17) is 15.9 Å². The first-order valence-electron chi connectivity index (χ1n) is 10.5. The summed E-state index contributed by atoms with van der Waals surface area (Å²) in [7, 11) is 1.26. The van der Waals surface area contributed by atoms with Crippen LogP contribution in [-0.4, -0.2) is 64.3 Å². The van der Waals surface area contributed by atoms with Gasteiger partial charge in [0.25, 0.3) is 5.91 Å². The molecule has 2 fully saturated rings. The third-order valence-electron chi connectivity index (χ3n) is 6.32. The number of hydrogen-bond donors (Lipinski definition) is 3. The molecular formula is C22H27N5O4. The Morgan fingerprint density at radius 3 is 2.77 bits per heavy atom. The molecule has 9 heteroatoms. The van der Waals surface area contributed by atoms with Crippen LogP contribution in [0, 0.1) is 11.3 Å². The summed E-state index contributed by atoms with van der Waals surface area (Å²) in [5.74, 6) is -0.828. The summed E-state index contributed by atoms with van der Waals surface area (Å²) >= 11 is 0. The van der Waals surface area contributed by atoms with Crippen molar-refractivity contribution in [3.05, 3.63) is 36.0 Å². The molecule has 0 saturated carbocycles. The van der Waals surface area contributed by atoms with Gasteiger partial charge < -0.3 is 20.4 Å². The summed E-state index contributed by atoms with van der Waals surface area (Å²) in [5.41, 5.74) is 6.78. The average Bonchev–Trinajstić information content (AvgIpc) is 3.43. The minimum Gasteiger partial charge on any atom is -0.452 e. The minimum atomic E-state index is -0.675. The molecule has 2 aromatic rings. The van der Waals surface area contributed by atoms with Crippen LogP contribution in [0.4, 0.5) is 4.79 Å². The first-order chi connectivity index (χ1) is 14.9. The first-order valence-corrected chi connectivity index (χ1v) is 10.5. The number of amidine groups is 1. The maximum Gasteiger partial charge on any atom is 0.416 e. The van der Waals surface area contributed by atoms with Crippen LogP contribution in [-0.2, 0) is 9.53 Å². The van der Waals surface area contributed by atoms with E-state index in [0.29, 0.717) is 44.3 Å². The van der Waals surface area contributed by atoms with E-state index in [0.717, 1.165) is 10.9 Å². The Bertz CT molecular complexity index is 999. The van der Waals surface area contributed by atoms with Gasteiger partial charge in [-0.05, 0) is 31.4 Å². The zero-order valence-electron chi connectivity index (χ0n) is 17.5. The number of methoxy groups -OCH3 is 1. The van der Waals surface area contributed by atoms with Gasteiger partial charge in [0, 0.05) is 23.9 Å². The Hall–Kier alpha value is -3.36. The molecule has 9 nitrogen and oxygen atoms in total. The van der Waals surface area contributed by atoms with Gasteiger partial charge >= 0.3 is 6.09 Å². The van der Waals surface area contributed by atoms with Crippen LogP contribution in [0.15, 0.2) is 30.3 Å². The monoisotopic (exact) mass is 425 g/mol. The van der Waals surface area contributed by atoms with Gasteiger partial charge in [0.15, 0.2) is 0 Å². The van der Waals surface area contributed by atoms with Crippen LogP contribution >= 0.6 is 0 Å². The Kier molecular flexibility index (Phi) is 5.67. The highest BCUT2D eigenvalue weighted by Gasteiger charge is 2.57. The third-order valence-corrected chi connectivity index (χ3v) is 6.32. The Morgan fingerprint density at radius 1 is 1.29 bits per heavy atom. The topological polar surface area (TPSA) is 133 Å². The van der Waals surface area contributed by atoms with E-state index in [1.165, 1.54) is 12.0 Å². The molecule has 1 aromatic heterocycles. The molecule has 2 saturated heterocycles. The summed E-state index contributed by atoms with van der Waals surface area (Å²) in [5, 5.41) is 8.31. The predicted molar refractivity (Wildman–Crippen MR) is 115 cm³/mol. The summed E-state index contributed by atoms with van der Waals surface area (Å²) < 4.78 is 4.85. The van der Waals surface area contributed by atoms with E-state index >= 15 is 0 Å². The number of para-hydroxylation sites is 1. The lowest BCUT2D eigenvalue weighted by Crippen LogP contribution is -2.43. The van der Waals surface area contributed by atoms with Crippen LogP contribution in [0.25, 0.3) is 10.9 Å². The van der Waals surface area contributed by atoms with Crippen molar-refractivity contribution in [3.63, 3.8) is 0 Å². The van der Waals surface area contributed by atoms with Crippen LogP contribution < -0.4 is 5.73 Å². The van der Waals surface area contributed by atoms with Crippen LogP contribution in [0.5, 0.6) is 0 Å². The number of imide groups is 1. The molecular weight excluding hydrogens is 398 g/mol. The van der Waals surface area contributed by atoms with E-state index in [1.54, 1.807) is 4.90 Å². The fourth-order valence-corrected chi connectivity index (χ4v) is 4.93. The fraction of sp³-hybridized carbons (Fsp3) is 0.455. The lowest BCUT2D eigenvalue weighted by Gasteiger charge is -2.27. The molecule has 0 radical (unpaired) electrons. The molecule has 2 aliphatic heterocycles. The molecule has 3 heterocycles. The van der Waals surface area contributed by atoms with E-state index in [-0.39, 0.29) is 29.7 Å². The highest BCUT2D eigenvalue weighted by atomic mass is 16.5. The van der Waals surface area contributed by atoms with Crippen molar-refractivity contribution in [1.29, 1.82) is 5.41 Å². The van der Waals surface area contributed by atoms with Crippen molar-refractivity contribution < 1.29 is 19.1 Å². The minimum absolute atomic E-state index is 0.114. The zero-order valence-corrected chi connectivity index (χ0v) is 17.5. The molecule has 0 spiro atoms. The van der Waals surface area contributed by atoms with Crippen molar-refractivity contribution >= 4 is 34.6 Å². The molecule has 0 bridgehead atoms. The summed E-state index contributed by atoms with van der Waals surface area (Å²) in [6, 6.07) is 8.72. The molecule has 3 atom stereocenters. The number of likely N-dealkylation sites (tertiary alicyclic amines) is 2. The number of unbranched alkanes of at least 4 members (excludes halogenated alkanes) is 1. The second-order valence-corrected chi connectivity index (χ2v) is 8.17. The van der Waals surface area contributed by atoms with Gasteiger partial charge in [0.2, 0.25) is 5.91 Å². The predicted octanol–water partition coefficient (Wildman–Crippen LogP) is 2.47. The number of nitrogens with one attached hydrogen (secondary N) is 2. The van der Waals surface area contributed by atoms with E-state index in [2.05, 4.69) is 4.98 Å². The Morgan fingerprint density at radius 2 is 2.06 bits per heavy atom. The van der Waals surface area contributed by atoms with Gasteiger partial charge in [-0.1, -0.05) is 24.6 Å². The summed E-state index contributed by atoms with van der Waals surface area (Å²) in [6.07, 6.45) is 2.21. The van der Waals surface area contributed by atoms with E-state index < -0.39 is 12.0 Å². The second kappa shape index (κ2) is 8.41. The molecule has 31 heavy (non-hydrogen) atoms. The number of nitrogens with two attached hydrogens (primary N) is 1. The average molecular weight is 425 g/mol. The fourth-order valence-electron chi connectivity index (χ4n) is 4.93. The second-order valence-electron chi connectivity index (χ2n) is 8.17. The third kappa shape index (κ3) is 3.75. The Labute approximate surface area is 180 Å². The molecule has 1 aromatic carbocycles. The Balaban J connectivity index is 1.59. The highest BCUT2D eigenvalue weighted by molar-refractivity contribution is 6.01. The molecule has 4 rings (SSSR count). The van der Waals surface area contributed by atoms with Crippen molar-refractivity contribution in [1.82, 2.24) is 14.8 Å². The van der Waals surface area contributed by atoms with Crippen molar-refractivity contribution in [2.75, 3.05) is 13.7 Å². The number of carbonyl (C=O) groups excluding carboxylic acids is 3. The van der Waals surface area contributed by atoms with Crippen molar-refractivity contribution in [2.45, 2.75) is 44.2 Å². The van der Waals surface area contributed by atoms with Gasteiger partial charge in [-0.25, -0.2) is 9.69 Å². The number of aromatic amines is 1. The van der Waals surface area contributed by atoms with E-state index in [1.807, 2.05) is 30.3 Å². The number of rotatable bonds is 6. The van der Waals surface area contributed by atoms with Gasteiger partial charge in [-0.15, -0.1) is 0 Å². The molecule has 4 N–H and O–H groups in total. The maximum absolute atomic E-state index is 13.4. The molecule has 2 aliphatic rings. The summed E-state index contributed by atoms with van der Waals surface area (Å²) in [4.78, 5) is 44.9.